The zero-order valence-corrected chi connectivity index (χ0v) is 17.0. The van der Waals surface area contributed by atoms with Crippen LogP contribution in [0, 0.1) is 11.8 Å². The molecule has 4 N–H and O–H groups in total. The average molecular weight is 443 g/mol. The van der Waals surface area contributed by atoms with Gasteiger partial charge in [0.1, 0.15) is 0 Å². The number of aliphatic carboxylic acids is 1. The molecule has 1 fully saturated rings. The second kappa shape index (κ2) is 11.3. The third kappa shape index (κ3) is 7.99. The van der Waals surface area contributed by atoms with Gasteiger partial charge in [-0.15, -0.1) is 0 Å². The highest BCUT2D eigenvalue weighted by Crippen LogP contribution is 2.37. The van der Waals surface area contributed by atoms with Crippen molar-refractivity contribution in [3.63, 3.8) is 0 Å². The number of carbonyl (C=O) groups is 2. The number of carboxylic acid groups (broad SMARTS) is 1. The summed E-state index contributed by atoms with van der Waals surface area (Å²) in [5, 5.41) is 31.7. The fourth-order valence-corrected chi connectivity index (χ4v) is 3.87. The topological polar surface area (TPSA) is 107 Å². The van der Waals surface area contributed by atoms with Crippen molar-refractivity contribution in [1.82, 2.24) is 5.32 Å². The lowest BCUT2D eigenvalue weighted by Gasteiger charge is -2.22. The molecule has 0 spiro atoms. The highest BCUT2D eigenvalue weighted by atomic mass is 19.4. The van der Waals surface area contributed by atoms with Gasteiger partial charge < -0.3 is 20.6 Å². The Morgan fingerprint density at radius 3 is 2.52 bits per heavy atom. The summed E-state index contributed by atoms with van der Waals surface area (Å²) in [6, 6.07) is 4.70. The molecule has 0 aliphatic heterocycles. The Bertz CT molecular complexity index is 781. The summed E-state index contributed by atoms with van der Waals surface area (Å²) < 4.78 is 38.4. The van der Waals surface area contributed by atoms with Gasteiger partial charge in [0, 0.05) is 19.4 Å². The largest absolute Gasteiger partial charge is 0.481 e. The fourth-order valence-electron chi connectivity index (χ4n) is 3.87. The molecule has 6 nitrogen and oxygen atoms in total. The van der Waals surface area contributed by atoms with E-state index in [0.29, 0.717) is 24.8 Å². The van der Waals surface area contributed by atoms with Crippen LogP contribution in [-0.4, -0.2) is 39.4 Å². The van der Waals surface area contributed by atoms with Gasteiger partial charge >= 0.3 is 12.1 Å². The quantitative estimate of drug-likeness (QED) is 0.328. The molecule has 0 saturated heterocycles. The standard InChI is InChI=1S/C22H28F3NO5/c23-22(24,25)15-7-5-6-14(10-15)13-26-20(29)11-17-16(18(27)12-19(17)28)8-3-1-2-4-9-21(30)31/h1,3,5-7,10,16-19,27-28H,2,4,8-9,11-13H2,(H,26,29)(H,30,31)/b3-1-/t16-,17+,18+,19-/m1/s1. The van der Waals surface area contributed by atoms with E-state index in [1.165, 1.54) is 12.1 Å². The number of rotatable bonds is 10. The third-order valence-electron chi connectivity index (χ3n) is 5.52. The Kier molecular flexibility index (Phi) is 9.06. The van der Waals surface area contributed by atoms with Gasteiger partial charge in [-0.05, 0) is 55.2 Å². The van der Waals surface area contributed by atoms with Crippen LogP contribution in [0.1, 0.15) is 49.7 Å². The molecule has 0 heterocycles. The summed E-state index contributed by atoms with van der Waals surface area (Å²) in [4.78, 5) is 22.8. The van der Waals surface area contributed by atoms with Gasteiger partial charge in [0.05, 0.1) is 17.8 Å². The number of nitrogens with one attached hydrogen (secondary N) is 1. The number of amides is 1. The molecule has 172 valence electrons. The van der Waals surface area contributed by atoms with E-state index in [2.05, 4.69) is 5.32 Å². The molecule has 0 bridgehead atoms. The molecule has 9 heteroatoms. The van der Waals surface area contributed by atoms with Gasteiger partial charge in [-0.3, -0.25) is 9.59 Å². The number of unbranched alkanes of at least 4 members (excludes halogenated alkanes) is 1. The van der Waals surface area contributed by atoms with Gasteiger partial charge in [-0.25, -0.2) is 0 Å². The predicted octanol–water partition coefficient (Wildman–Crippen LogP) is 3.27. The van der Waals surface area contributed by atoms with Crippen molar-refractivity contribution in [1.29, 1.82) is 0 Å². The third-order valence-corrected chi connectivity index (χ3v) is 5.52. The van der Waals surface area contributed by atoms with E-state index in [9.17, 15) is 33.0 Å². The van der Waals surface area contributed by atoms with Crippen LogP contribution in [0.25, 0.3) is 0 Å². The number of benzene rings is 1. The number of aliphatic hydroxyl groups is 2. The van der Waals surface area contributed by atoms with Crippen molar-refractivity contribution in [3.8, 4) is 0 Å². The summed E-state index contributed by atoms with van der Waals surface area (Å²) in [5.74, 6) is -2.07. The van der Waals surface area contributed by atoms with Crippen LogP contribution in [0.5, 0.6) is 0 Å². The van der Waals surface area contributed by atoms with Gasteiger partial charge in [-0.1, -0.05) is 24.3 Å². The zero-order valence-electron chi connectivity index (χ0n) is 17.0. The van der Waals surface area contributed by atoms with E-state index in [1.54, 1.807) is 0 Å². The summed E-state index contributed by atoms with van der Waals surface area (Å²) in [6.45, 7) is -0.0672. The maximum atomic E-state index is 12.8. The first-order valence-corrected chi connectivity index (χ1v) is 10.2. The molecule has 1 saturated carbocycles. The monoisotopic (exact) mass is 443 g/mol. The molecule has 1 amide bonds. The summed E-state index contributed by atoms with van der Waals surface area (Å²) >= 11 is 0. The minimum absolute atomic E-state index is 0.0469. The molecule has 0 radical (unpaired) electrons. The smallest absolute Gasteiger partial charge is 0.416 e. The molecule has 1 aliphatic rings. The molecule has 1 aliphatic carbocycles. The molecule has 1 aromatic rings. The Morgan fingerprint density at radius 1 is 1.13 bits per heavy atom. The SMILES string of the molecule is O=C(O)CCC/C=C\C[C@@H]1[C@H](CC(=O)NCc2cccc(C(F)(F)F)c2)[C@H](O)C[C@@H]1O. The summed E-state index contributed by atoms with van der Waals surface area (Å²) in [5.41, 5.74) is -0.472. The number of hydrogen-bond acceptors (Lipinski definition) is 4. The Balaban J connectivity index is 1.86. The zero-order chi connectivity index (χ0) is 23.0. The summed E-state index contributed by atoms with van der Waals surface area (Å²) in [7, 11) is 0. The number of halogens is 3. The molecule has 0 unspecified atom stereocenters. The van der Waals surface area contributed by atoms with E-state index in [-0.39, 0.29) is 31.7 Å². The lowest BCUT2D eigenvalue weighted by Crippen LogP contribution is -2.31. The molecule has 31 heavy (non-hydrogen) atoms. The Labute approximate surface area is 178 Å². The van der Waals surface area contributed by atoms with Crippen LogP contribution in [0.2, 0.25) is 0 Å². The van der Waals surface area contributed by atoms with Crippen molar-refractivity contribution < 1.29 is 38.1 Å². The maximum absolute atomic E-state index is 12.8. The summed E-state index contributed by atoms with van der Waals surface area (Å²) in [6.07, 6.45) is -0.716. The highest BCUT2D eigenvalue weighted by molar-refractivity contribution is 5.76. The number of hydrogen-bond donors (Lipinski definition) is 4. The lowest BCUT2D eigenvalue weighted by molar-refractivity contribution is -0.138. The van der Waals surface area contributed by atoms with Crippen molar-refractivity contribution in [2.75, 3.05) is 0 Å². The van der Waals surface area contributed by atoms with Crippen LogP contribution in [0.15, 0.2) is 36.4 Å². The Morgan fingerprint density at radius 2 is 1.84 bits per heavy atom. The number of carboxylic acids is 1. The molecular weight excluding hydrogens is 415 g/mol. The first-order valence-electron chi connectivity index (χ1n) is 10.2. The van der Waals surface area contributed by atoms with E-state index >= 15 is 0 Å². The number of allylic oxidation sites excluding steroid dienone is 2. The van der Waals surface area contributed by atoms with E-state index in [4.69, 9.17) is 5.11 Å². The van der Waals surface area contributed by atoms with E-state index < -0.39 is 41.7 Å². The number of alkyl halides is 3. The van der Waals surface area contributed by atoms with Gasteiger partial charge in [0.25, 0.3) is 0 Å². The minimum Gasteiger partial charge on any atom is -0.481 e. The highest BCUT2D eigenvalue weighted by Gasteiger charge is 2.41. The predicted molar refractivity (Wildman–Crippen MR) is 107 cm³/mol. The van der Waals surface area contributed by atoms with Gasteiger partial charge in [-0.2, -0.15) is 13.2 Å². The molecule has 0 aromatic heterocycles. The molecule has 2 rings (SSSR count). The second-order valence-electron chi connectivity index (χ2n) is 7.87. The van der Waals surface area contributed by atoms with Crippen LogP contribution in [-0.2, 0) is 22.3 Å². The van der Waals surface area contributed by atoms with Crippen molar-refractivity contribution in [3.05, 3.63) is 47.5 Å². The number of carbonyl (C=O) groups excluding carboxylic acids is 1. The lowest BCUT2D eigenvalue weighted by atomic mass is 9.87. The Hall–Kier alpha value is -2.39. The van der Waals surface area contributed by atoms with Gasteiger partial charge in [0.15, 0.2) is 0 Å². The first-order chi connectivity index (χ1) is 14.6. The maximum Gasteiger partial charge on any atom is 0.416 e. The normalized spacial score (nSPS) is 23.9. The first kappa shape index (κ1) is 24.9. The van der Waals surface area contributed by atoms with Crippen LogP contribution in [0.3, 0.4) is 0 Å². The molecular formula is C22H28F3NO5. The molecule has 4 atom stereocenters. The number of aliphatic hydroxyl groups excluding tert-OH is 2. The van der Waals surface area contributed by atoms with Crippen LogP contribution < -0.4 is 5.32 Å². The average Bonchev–Trinajstić information content (AvgIpc) is 2.95. The van der Waals surface area contributed by atoms with E-state index in [1.807, 2.05) is 12.2 Å². The van der Waals surface area contributed by atoms with Crippen LogP contribution in [0.4, 0.5) is 13.2 Å². The van der Waals surface area contributed by atoms with E-state index in [0.717, 1.165) is 12.1 Å². The fraction of sp³-hybridized carbons (Fsp3) is 0.545. The van der Waals surface area contributed by atoms with Crippen LogP contribution >= 0.6 is 0 Å². The molecule has 1 aromatic carbocycles. The minimum atomic E-state index is -4.46. The second-order valence-corrected chi connectivity index (χ2v) is 7.87. The van der Waals surface area contributed by atoms with Crippen molar-refractivity contribution in [2.45, 2.75) is 63.5 Å². The van der Waals surface area contributed by atoms with Gasteiger partial charge in [0.2, 0.25) is 5.91 Å². The van der Waals surface area contributed by atoms with Crippen molar-refractivity contribution >= 4 is 11.9 Å². The van der Waals surface area contributed by atoms with Crippen molar-refractivity contribution in [2.24, 2.45) is 11.8 Å².